The predicted octanol–water partition coefficient (Wildman–Crippen LogP) is 2.68. The Balaban J connectivity index is 2.15. The fourth-order valence-electron chi connectivity index (χ4n) is 1.86. The van der Waals surface area contributed by atoms with Gasteiger partial charge in [-0.3, -0.25) is 0 Å². The molecule has 1 N–H and O–H groups in total. The van der Waals surface area contributed by atoms with Crippen molar-refractivity contribution in [3.63, 3.8) is 0 Å². The molecule has 1 atom stereocenters. The Labute approximate surface area is 114 Å². The monoisotopic (exact) mass is 262 g/mol. The summed E-state index contributed by atoms with van der Waals surface area (Å²) < 4.78 is 7.68. The highest BCUT2D eigenvalue weighted by molar-refractivity contribution is 5.06. The van der Waals surface area contributed by atoms with E-state index in [0.29, 0.717) is 5.89 Å². The molecule has 0 saturated heterocycles. The summed E-state index contributed by atoms with van der Waals surface area (Å²) in [6.45, 7) is 11.2. The van der Waals surface area contributed by atoms with Gasteiger partial charge < -0.3 is 14.3 Å². The molecule has 0 aliphatic heterocycles. The van der Waals surface area contributed by atoms with Crippen LogP contribution in [0.1, 0.15) is 51.1 Å². The SMILES string of the molecule is Cc1cnc(C(C)n2cncc2CNC(C)(C)C)o1. The van der Waals surface area contributed by atoms with Gasteiger partial charge >= 0.3 is 0 Å². The number of imidazole rings is 1. The summed E-state index contributed by atoms with van der Waals surface area (Å²) in [4.78, 5) is 8.52. The maximum absolute atomic E-state index is 5.59. The Hall–Kier alpha value is -1.62. The van der Waals surface area contributed by atoms with Gasteiger partial charge in [0.25, 0.3) is 0 Å². The zero-order valence-electron chi connectivity index (χ0n) is 12.3. The van der Waals surface area contributed by atoms with Gasteiger partial charge in [-0.05, 0) is 34.6 Å². The van der Waals surface area contributed by atoms with Gasteiger partial charge in [-0.2, -0.15) is 0 Å². The minimum atomic E-state index is 0.0490. The Morgan fingerprint density at radius 1 is 1.37 bits per heavy atom. The Morgan fingerprint density at radius 2 is 2.11 bits per heavy atom. The van der Waals surface area contributed by atoms with E-state index in [4.69, 9.17) is 4.42 Å². The highest BCUT2D eigenvalue weighted by atomic mass is 16.4. The maximum Gasteiger partial charge on any atom is 0.217 e. The number of nitrogens with zero attached hydrogens (tertiary/aromatic N) is 3. The van der Waals surface area contributed by atoms with Crippen molar-refractivity contribution < 1.29 is 4.42 Å². The minimum absolute atomic E-state index is 0.0490. The van der Waals surface area contributed by atoms with E-state index in [9.17, 15) is 0 Å². The second-order valence-electron chi connectivity index (χ2n) is 5.88. The third kappa shape index (κ3) is 3.44. The molecule has 2 rings (SSSR count). The third-order valence-electron chi connectivity index (χ3n) is 2.96. The van der Waals surface area contributed by atoms with Crippen LogP contribution in [0.3, 0.4) is 0 Å². The lowest BCUT2D eigenvalue weighted by Crippen LogP contribution is -2.35. The molecule has 2 aromatic rings. The van der Waals surface area contributed by atoms with E-state index >= 15 is 0 Å². The van der Waals surface area contributed by atoms with E-state index in [1.165, 1.54) is 0 Å². The molecule has 2 heterocycles. The van der Waals surface area contributed by atoms with Crippen LogP contribution in [0, 0.1) is 6.92 Å². The van der Waals surface area contributed by atoms with Crippen molar-refractivity contribution >= 4 is 0 Å². The molecule has 2 aromatic heterocycles. The second kappa shape index (κ2) is 5.17. The number of aryl methyl sites for hydroxylation is 1. The molecule has 5 nitrogen and oxygen atoms in total. The van der Waals surface area contributed by atoms with E-state index < -0.39 is 0 Å². The fourth-order valence-corrected chi connectivity index (χ4v) is 1.86. The average molecular weight is 262 g/mol. The number of nitrogens with one attached hydrogen (secondary N) is 1. The average Bonchev–Trinajstić information content (AvgIpc) is 2.93. The number of hydrogen-bond acceptors (Lipinski definition) is 4. The number of rotatable bonds is 4. The van der Waals surface area contributed by atoms with Crippen LogP contribution in [-0.4, -0.2) is 20.1 Å². The highest BCUT2D eigenvalue weighted by Crippen LogP contribution is 2.19. The molecule has 0 aliphatic carbocycles. The van der Waals surface area contributed by atoms with Crippen molar-refractivity contribution in [2.45, 2.75) is 52.7 Å². The molecule has 0 radical (unpaired) electrons. The summed E-state index contributed by atoms with van der Waals surface area (Å²) in [5.74, 6) is 1.55. The van der Waals surface area contributed by atoms with E-state index in [1.807, 2.05) is 19.4 Å². The van der Waals surface area contributed by atoms with Crippen LogP contribution in [-0.2, 0) is 6.54 Å². The summed E-state index contributed by atoms with van der Waals surface area (Å²) in [5.41, 5.74) is 1.20. The molecule has 0 fully saturated rings. The van der Waals surface area contributed by atoms with Gasteiger partial charge in [-0.25, -0.2) is 9.97 Å². The first-order valence-electron chi connectivity index (χ1n) is 6.55. The Morgan fingerprint density at radius 3 is 2.68 bits per heavy atom. The summed E-state index contributed by atoms with van der Waals surface area (Å²) in [7, 11) is 0. The van der Waals surface area contributed by atoms with Gasteiger partial charge in [0.05, 0.1) is 18.2 Å². The molecule has 0 amide bonds. The zero-order valence-corrected chi connectivity index (χ0v) is 12.3. The predicted molar refractivity (Wildman–Crippen MR) is 73.9 cm³/mol. The maximum atomic E-state index is 5.59. The summed E-state index contributed by atoms with van der Waals surface area (Å²) in [6.07, 6.45) is 5.45. The normalized spacial score (nSPS) is 13.7. The standard InChI is InChI=1S/C14H22N4O/c1-10-6-16-13(19-10)11(2)18-9-15-7-12(18)8-17-14(3,4)5/h6-7,9,11,17H,8H2,1-5H3. The first-order valence-corrected chi connectivity index (χ1v) is 6.55. The molecule has 0 bridgehead atoms. The second-order valence-corrected chi connectivity index (χ2v) is 5.88. The van der Waals surface area contributed by atoms with Crippen LogP contribution in [0.2, 0.25) is 0 Å². The van der Waals surface area contributed by atoms with E-state index in [2.05, 4.69) is 47.5 Å². The van der Waals surface area contributed by atoms with Gasteiger partial charge in [-0.1, -0.05) is 0 Å². The lowest BCUT2D eigenvalue weighted by Gasteiger charge is -2.21. The Kier molecular flexibility index (Phi) is 3.75. The lowest BCUT2D eigenvalue weighted by molar-refractivity contribution is 0.390. The molecule has 0 aliphatic rings. The fraction of sp³-hybridized carbons (Fsp3) is 0.571. The van der Waals surface area contributed by atoms with Crippen LogP contribution in [0.5, 0.6) is 0 Å². The molecule has 0 spiro atoms. The van der Waals surface area contributed by atoms with Crippen molar-refractivity contribution in [2.24, 2.45) is 0 Å². The van der Waals surface area contributed by atoms with Crippen LogP contribution in [0.15, 0.2) is 23.1 Å². The molecule has 1 unspecified atom stereocenters. The highest BCUT2D eigenvalue weighted by Gasteiger charge is 2.17. The largest absolute Gasteiger partial charge is 0.444 e. The molecule has 19 heavy (non-hydrogen) atoms. The van der Waals surface area contributed by atoms with Gasteiger partial charge in [-0.15, -0.1) is 0 Å². The molecular formula is C14H22N4O. The lowest BCUT2D eigenvalue weighted by atomic mass is 10.1. The number of aromatic nitrogens is 3. The van der Waals surface area contributed by atoms with Gasteiger partial charge in [0.2, 0.25) is 5.89 Å². The number of oxazole rings is 1. The van der Waals surface area contributed by atoms with Crippen LogP contribution in [0.25, 0.3) is 0 Å². The van der Waals surface area contributed by atoms with Crippen LogP contribution < -0.4 is 5.32 Å². The third-order valence-corrected chi connectivity index (χ3v) is 2.96. The minimum Gasteiger partial charge on any atom is -0.444 e. The van der Waals surface area contributed by atoms with Crippen LogP contribution >= 0.6 is 0 Å². The smallest absolute Gasteiger partial charge is 0.217 e. The first-order chi connectivity index (χ1) is 8.87. The van der Waals surface area contributed by atoms with E-state index in [0.717, 1.165) is 18.0 Å². The first kappa shape index (κ1) is 13.8. The Bertz CT molecular complexity index is 536. The molecule has 5 heteroatoms. The molecular weight excluding hydrogens is 240 g/mol. The summed E-state index contributed by atoms with van der Waals surface area (Å²) in [6, 6.07) is 0.0490. The summed E-state index contributed by atoms with van der Waals surface area (Å²) >= 11 is 0. The molecule has 0 aromatic carbocycles. The molecule has 0 saturated carbocycles. The topological polar surface area (TPSA) is 55.9 Å². The zero-order chi connectivity index (χ0) is 14.0. The summed E-state index contributed by atoms with van der Waals surface area (Å²) in [5, 5.41) is 3.46. The van der Waals surface area contributed by atoms with E-state index in [1.54, 1.807) is 6.20 Å². The van der Waals surface area contributed by atoms with Crippen molar-refractivity contribution in [3.05, 3.63) is 36.1 Å². The van der Waals surface area contributed by atoms with Gasteiger partial charge in [0, 0.05) is 18.3 Å². The van der Waals surface area contributed by atoms with Crippen LogP contribution in [0.4, 0.5) is 0 Å². The van der Waals surface area contributed by atoms with Crippen molar-refractivity contribution in [2.75, 3.05) is 0 Å². The number of hydrogen-bond donors (Lipinski definition) is 1. The van der Waals surface area contributed by atoms with Crippen molar-refractivity contribution in [1.82, 2.24) is 19.9 Å². The quantitative estimate of drug-likeness (QED) is 0.920. The van der Waals surface area contributed by atoms with Gasteiger partial charge in [0.15, 0.2) is 0 Å². The van der Waals surface area contributed by atoms with Gasteiger partial charge in [0.1, 0.15) is 11.8 Å². The van der Waals surface area contributed by atoms with Crippen molar-refractivity contribution in [3.8, 4) is 0 Å². The van der Waals surface area contributed by atoms with Crippen molar-refractivity contribution in [1.29, 1.82) is 0 Å². The van der Waals surface area contributed by atoms with E-state index in [-0.39, 0.29) is 11.6 Å². The molecule has 104 valence electrons.